The molecule has 0 spiro atoms. The summed E-state index contributed by atoms with van der Waals surface area (Å²) in [5.41, 5.74) is -4.63. The Morgan fingerprint density at radius 2 is 1.78 bits per heavy atom. The zero-order valence-electron chi connectivity index (χ0n) is 16.5. The van der Waals surface area contributed by atoms with Gasteiger partial charge in [0.25, 0.3) is 5.92 Å². The normalized spacial score (nSPS) is 16.7. The van der Waals surface area contributed by atoms with Crippen molar-refractivity contribution in [2.24, 2.45) is 0 Å². The molecule has 27 heavy (non-hydrogen) atoms. The third kappa shape index (κ3) is 5.02. The number of hydrogen-bond donors (Lipinski definition) is 1. The maximum Gasteiger partial charge on any atom is 0.298 e. The molecule has 0 aliphatic rings. The summed E-state index contributed by atoms with van der Waals surface area (Å²) in [6, 6.07) is 3.77. The number of benzene rings is 1. The van der Waals surface area contributed by atoms with Crippen LogP contribution in [0.5, 0.6) is 0 Å². The van der Waals surface area contributed by atoms with Crippen LogP contribution < -0.4 is 4.72 Å². The van der Waals surface area contributed by atoms with Crippen molar-refractivity contribution in [2.75, 3.05) is 6.61 Å². The van der Waals surface area contributed by atoms with Gasteiger partial charge in [0.1, 0.15) is 17.0 Å². The van der Waals surface area contributed by atoms with Crippen LogP contribution in [0.15, 0.2) is 35.3 Å². The van der Waals surface area contributed by atoms with E-state index in [1.165, 1.54) is 32.1 Å². The van der Waals surface area contributed by atoms with Crippen molar-refractivity contribution in [1.29, 1.82) is 0 Å². The Labute approximate surface area is 170 Å². The monoisotopic (exact) mass is 469 g/mol. The van der Waals surface area contributed by atoms with Gasteiger partial charge in [0.05, 0.1) is 22.3 Å². The predicted molar refractivity (Wildman–Crippen MR) is 108 cm³/mol. The van der Waals surface area contributed by atoms with Crippen LogP contribution >= 0.6 is 15.9 Å². The van der Waals surface area contributed by atoms with Gasteiger partial charge in [-0.15, -0.1) is 6.58 Å². The van der Waals surface area contributed by atoms with E-state index < -0.39 is 38.6 Å². The number of ether oxygens (including phenoxy) is 1. The zero-order valence-corrected chi connectivity index (χ0v) is 18.9. The first-order chi connectivity index (χ1) is 12.1. The fourth-order valence-corrected chi connectivity index (χ4v) is 3.74. The minimum Gasteiger partial charge on any atom is -0.365 e. The zero-order chi connectivity index (χ0) is 21.3. The summed E-state index contributed by atoms with van der Waals surface area (Å²) in [6.07, 6.45) is 1.36. The van der Waals surface area contributed by atoms with Gasteiger partial charge in [-0.1, -0.05) is 22.0 Å². The molecule has 1 N–H and O–H groups in total. The Bertz CT molecular complexity index is 719. The van der Waals surface area contributed by atoms with Gasteiger partial charge >= 0.3 is 0 Å². The van der Waals surface area contributed by atoms with E-state index >= 15 is 8.78 Å². The number of nitrogens with one attached hydrogen (secondary N) is 1. The number of halogens is 4. The fraction of sp³-hybridized carbons (Fsp3) is 0.579. The third-order valence-electron chi connectivity index (χ3n) is 4.27. The molecule has 154 valence electrons. The van der Waals surface area contributed by atoms with Crippen molar-refractivity contribution in [1.82, 2.24) is 4.72 Å². The van der Waals surface area contributed by atoms with E-state index in [1.807, 2.05) is 0 Å². The number of alkyl halides is 2. The highest BCUT2D eigenvalue weighted by Gasteiger charge is 2.63. The first-order valence-electron chi connectivity index (χ1n) is 8.38. The first-order valence-corrected chi connectivity index (χ1v) is 10.3. The van der Waals surface area contributed by atoms with Crippen molar-refractivity contribution < 1.29 is 22.1 Å². The molecule has 0 aromatic heterocycles. The summed E-state index contributed by atoms with van der Waals surface area (Å²) in [6.45, 7) is 11.9. The van der Waals surface area contributed by atoms with Crippen molar-refractivity contribution in [3.8, 4) is 0 Å². The lowest BCUT2D eigenvalue weighted by atomic mass is 9.78. The quantitative estimate of drug-likeness (QED) is 0.512. The lowest BCUT2D eigenvalue weighted by Gasteiger charge is -2.46. The molecule has 0 bridgehead atoms. The van der Waals surface area contributed by atoms with Gasteiger partial charge in [0.2, 0.25) is 0 Å². The standard InChI is InChI=1S/C19H27BrF3NO2S/c1-8-11-26-17(5,6)19(22,23)18(7,24-27(25)16(2,3)4)14-12-13(20)9-10-15(14)21/h8-10,12,24H,1,11H2,2-7H3/t18-,27-/m1/s1. The molecule has 8 heteroatoms. The average Bonchev–Trinajstić information content (AvgIpc) is 2.53. The molecule has 0 heterocycles. The van der Waals surface area contributed by atoms with Gasteiger partial charge in [-0.3, -0.25) is 0 Å². The van der Waals surface area contributed by atoms with Gasteiger partial charge < -0.3 is 4.74 Å². The SMILES string of the molecule is C=CCOC(C)(C)C(F)(F)[C@](C)(N[S@](=O)C(C)(C)C)c1cc(Br)ccc1F. The summed E-state index contributed by atoms with van der Waals surface area (Å²) in [5.74, 6) is -4.48. The average molecular weight is 470 g/mol. The molecule has 1 aromatic carbocycles. The molecule has 0 radical (unpaired) electrons. The number of hydrogen-bond acceptors (Lipinski definition) is 2. The van der Waals surface area contributed by atoms with Crippen LogP contribution in [-0.2, 0) is 21.3 Å². The lowest BCUT2D eigenvalue weighted by molar-refractivity contribution is -0.224. The second kappa shape index (κ2) is 8.35. The van der Waals surface area contributed by atoms with Crippen LogP contribution in [0, 0.1) is 5.82 Å². The minimum atomic E-state index is -3.65. The van der Waals surface area contributed by atoms with Gasteiger partial charge in [-0.25, -0.2) is 22.1 Å². The molecule has 1 aromatic rings. The second-order valence-corrected chi connectivity index (χ2v) is 10.8. The Morgan fingerprint density at radius 3 is 2.26 bits per heavy atom. The van der Waals surface area contributed by atoms with Crippen LogP contribution in [-0.4, -0.2) is 27.1 Å². The van der Waals surface area contributed by atoms with E-state index in [1.54, 1.807) is 20.8 Å². The maximum atomic E-state index is 15.8. The van der Waals surface area contributed by atoms with Gasteiger partial charge in [-0.2, -0.15) is 0 Å². The highest BCUT2D eigenvalue weighted by Crippen LogP contribution is 2.48. The summed E-state index contributed by atoms with van der Waals surface area (Å²) in [4.78, 5) is 0. The van der Waals surface area contributed by atoms with Crippen molar-refractivity contribution in [3.05, 3.63) is 46.7 Å². The van der Waals surface area contributed by atoms with Crippen LogP contribution in [0.1, 0.15) is 47.1 Å². The number of rotatable bonds is 8. The topological polar surface area (TPSA) is 38.3 Å². The molecule has 0 saturated carbocycles. The van der Waals surface area contributed by atoms with Crippen LogP contribution in [0.2, 0.25) is 0 Å². The minimum absolute atomic E-state index is 0.109. The molecular weight excluding hydrogens is 443 g/mol. The Kier molecular flexibility index (Phi) is 7.53. The van der Waals surface area contributed by atoms with Crippen molar-refractivity contribution in [3.63, 3.8) is 0 Å². The Hall–Kier alpha value is -0.700. The Morgan fingerprint density at radius 1 is 1.22 bits per heavy atom. The highest BCUT2D eigenvalue weighted by molar-refractivity contribution is 9.10. The van der Waals surface area contributed by atoms with Crippen LogP contribution in [0.3, 0.4) is 0 Å². The van der Waals surface area contributed by atoms with Crippen molar-refractivity contribution in [2.45, 2.75) is 63.4 Å². The van der Waals surface area contributed by atoms with Crippen molar-refractivity contribution >= 4 is 26.9 Å². The van der Waals surface area contributed by atoms with Gasteiger partial charge in [0.15, 0.2) is 0 Å². The molecule has 0 aliphatic heterocycles. The molecule has 0 aliphatic carbocycles. The van der Waals surface area contributed by atoms with E-state index in [9.17, 15) is 8.60 Å². The molecule has 0 fully saturated rings. The van der Waals surface area contributed by atoms with E-state index in [-0.39, 0.29) is 12.2 Å². The summed E-state index contributed by atoms with van der Waals surface area (Å²) in [5, 5.41) is 0. The molecule has 3 nitrogen and oxygen atoms in total. The molecule has 0 saturated heterocycles. The Balaban J connectivity index is 3.65. The summed E-state index contributed by atoms with van der Waals surface area (Å²) < 4.78 is 66.3. The predicted octanol–water partition coefficient (Wildman–Crippen LogP) is 5.47. The van der Waals surface area contributed by atoms with E-state index in [0.717, 1.165) is 13.0 Å². The highest BCUT2D eigenvalue weighted by atomic mass is 79.9. The largest absolute Gasteiger partial charge is 0.365 e. The smallest absolute Gasteiger partial charge is 0.298 e. The fourth-order valence-electron chi connectivity index (χ4n) is 2.47. The third-order valence-corrected chi connectivity index (χ3v) is 6.47. The van der Waals surface area contributed by atoms with E-state index in [4.69, 9.17) is 4.74 Å². The molecule has 2 atom stereocenters. The van der Waals surface area contributed by atoms with Gasteiger partial charge in [-0.05, 0) is 59.7 Å². The summed E-state index contributed by atoms with van der Waals surface area (Å²) >= 11 is 3.19. The summed E-state index contributed by atoms with van der Waals surface area (Å²) in [7, 11) is -1.90. The van der Waals surface area contributed by atoms with Crippen LogP contribution in [0.25, 0.3) is 0 Å². The van der Waals surface area contributed by atoms with E-state index in [0.29, 0.717) is 4.47 Å². The van der Waals surface area contributed by atoms with E-state index in [2.05, 4.69) is 27.2 Å². The second-order valence-electron chi connectivity index (χ2n) is 7.92. The first kappa shape index (κ1) is 24.3. The molecular formula is C19H27BrF3NO2S. The maximum absolute atomic E-state index is 15.8. The molecule has 1 rings (SSSR count). The molecule has 0 amide bonds. The van der Waals surface area contributed by atoms with Crippen LogP contribution in [0.4, 0.5) is 13.2 Å². The molecule has 0 unspecified atom stereocenters. The van der Waals surface area contributed by atoms with Gasteiger partial charge in [0, 0.05) is 10.0 Å². The lowest BCUT2D eigenvalue weighted by Crippen LogP contribution is -2.65.